The van der Waals surface area contributed by atoms with Gasteiger partial charge in [-0.1, -0.05) is 12.2 Å². The predicted molar refractivity (Wildman–Crippen MR) is 56.1 cm³/mol. The van der Waals surface area contributed by atoms with E-state index < -0.39 is 0 Å². The van der Waals surface area contributed by atoms with Crippen molar-refractivity contribution in [3.8, 4) is 0 Å². The van der Waals surface area contributed by atoms with Crippen LogP contribution >= 0.6 is 23.2 Å². The van der Waals surface area contributed by atoms with Crippen LogP contribution in [0.5, 0.6) is 0 Å². The monoisotopic (exact) mass is 206 g/mol. The molecule has 0 bridgehead atoms. The highest BCUT2D eigenvalue weighted by Crippen LogP contribution is 2.41. The molecular weight excluding hydrogens is 191 g/mol. The molecule has 2 heteroatoms. The van der Waals surface area contributed by atoms with Crippen LogP contribution < -0.4 is 0 Å². The second kappa shape index (κ2) is 3.59. The van der Waals surface area contributed by atoms with Crippen LogP contribution in [0.2, 0.25) is 0 Å². The van der Waals surface area contributed by atoms with E-state index in [9.17, 15) is 0 Å². The van der Waals surface area contributed by atoms with Crippen molar-refractivity contribution >= 4 is 23.2 Å². The predicted octanol–water partition coefficient (Wildman–Crippen LogP) is 3.97. The Morgan fingerprint density at radius 3 is 2.58 bits per heavy atom. The van der Waals surface area contributed by atoms with Crippen LogP contribution in [0.25, 0.3) is 0 Å². The van der Waals surface area contributed by atoms with Gasteiger partial charge in [0.1, 0.15) is 0 Å². The topological polar surface area (TPSA) is 0 Å². The molecule has 0 unspecified atom stereocenters. The summed E-state index contributed by atoms with van der Waals surface area (Å²) < 4.78 is 0. The van der Waals surface area contributed by atoms with Gasteiger partial charge in [-0.3, -0.25) is 0 Å². The van der Waals surface area contributed by atoms with Gasteiger partial charge in [-0.25, -0.2) is 0 Å². The zero-order chi connectivity index (χ0) is 9.35. The van der Waals surface area contributed by atoms with Crippen molar-refractivity contribution in [1.29, 1.82) is 0 Å². The van der Waals surface area contributed by atoms with Crippen LogP contribution in [0.15, 0.2) is 12.2 Å². The molecule has 0 saturated heterocycles. The summed E-state index contributed by atoms with van der Waals surface area (Å²) >= 11 is 12.4. The van der Waals surface area contributed by atoms with Gasteiger partial charge in [0.05, 0.1) is 10.3 Å². The van der Waals surface area contributed by atoms with Gasteiger partial charge >= 0.3 is 0 Å². The molecule has 70 valence electrons. The van der Waals surface area contributed by atoms with Crippen molar-refractivity contribution < 1.29 is 0 Å². The summed E-state index contributed by atoms with van der Waals surface area (Å²) in [5.41, 5.74) is 1.24. The van der Waals surface area contributed by atoms with Gasteiger partial charge in [0.25, 0.3) is 0 Å². The van der Waals surface area contributed by atoms with Crippen LogP contribution in [0.3, 0.4) is 0 Å². The van der Waals surface area contributed by atoms with E-state index in [1.54, 1.807) is 0 Å². The van der Waals surface area contributed by atoms with E-state index in [4.69, 9.17) is 23.2 Å². The lowest BCUT2D eigenvalue weighted by Crippen LogP contribution is -2.36. The molecule has 0 nitrogen and oxygen atoms in total. The van der Waals surface area contributed by atoms with E-state index in [1.807, 2.05) is 6.92 Å². The van der Waals surface area contributed by atoms with Gasteiger partial charge in [0, 0.05) is 0 Å². The average molecular weight is 207 g/mol. The third kappa shape index (κ3) is 2.17. The first-order chi connectivity index (χ1) is 5.43. The highest BCUT2D eigenvalue weighted by Gasteiger charge is 2.37. The quantitative estimate of drug-likeness (QED) is 0.450. The van der Waals surface area contributed by atoms with Gasteiger partial charge in [0.15, 0.2) is 0 Å². The third-order valence-electron chi connectivity index (χ3n) is 2.82. The maximum Gasteiger partial charge on any atom is 0.0582 e. The van der Waals surface area contributed by atoms with Gasteiger partial charge in [-0.2, -0.15) is 0 Å². The Balaban J connectivity index is 2.58. The van der Waals surface area contributed by atoms with E-state index in [-0.39, 0.29) is 10.3 Å². The fraction of sp³-hybridized carbons (Fsp3) is 0.800. The van der Waals surface area contributed by atoms with Crippen molar-refractivity contribution in [2.45, 2.75) is 43.4 Å². The van der Waals surface area contributed by atoms with Crippen LogP contribution in [0, 0.1) is 5.92 Å². The summed E-state index contributed by atoms with van der Waals surface area (Å²) in [6.07, 6.45) is 3.12. The number of hydrogen-bond acceptors (Lipinski definition) is 0. The molecule has 0 aromatic heterocycles. The van der Waals surface area contributed by atoms with E-state index >= 15 is 0 Å². The van der Waals surface area contributed by atoms with Crippen molar-refractivity contribution in [2.24, 2.45) is 5.92 Å². The van der Waals surface area contributed by atoms with Crippen LogP contribution in [-0.4, -0.2) is 10.3 Å². The summed E-state index contributed by atoms with van der Waals surface area (Å²) in [5, 5.41) is 0.0922. The molecule has 0 radical (unpaired) electrons. The maximum absolute atomic E-state index is 6.23. The van der Waals surface area contributed by atoms with E-state index in [0.717, 1.165) is 19.3 Å². The first-order valence-electron chi connectivity index (χ1n) is 4.42. The Morgan fingerprint density at radius 2 is 2.17 bits per heavy atom. The van der Waals surface area contributed by atoms with Gasteiger partial charge in [0.2, 0.25) is 0 Å². The number of halogens is 2. The summed E-state index contributed by atoms with van der Waals surface area (Å²) in [6.45, 7) is 8.06. The molecule has 0 heterocycles. The summed E-state index contributed by atoms with van der Waals surface area (Å²) in [5.74, 6) is 0.583. The number of alkyl halides is 2. The fourth-order valence-electron chi connectivity index (χ4n) is 1.67. The first kappa shape index (κ1) is 10.4. The van der Waals surface area contributed by atoms with Gasteiger partial charge in [-0.15, -0.1) is 23.2 Å². The van der Waals surface area contributed by atoms with E-state index in [1.165, 1.54) is 5.57 Å². The molecule has 1 aliphatic carbocycles. The van der Waals surface area contributed by atoms with Crippen molar-refractivity contribution in [3.63, 3.8) is 0 Å². The highest BCUT2D eigenvalue weighted by atomic mass is 35.5. The Labute approximate surface area is 84.9 Å². The molecule has 0 spiro atoms. The maximum atomic E-state index is 6.23. The Hall–Kier alpha value is 0.320. The lowest BCUT2D eigenvalue weighted by molar-refractivity contribution is 0.349. The van der Waals surface area contributed by atoms with Gasteiger partial charge in [-0.05, 0) is 39.0 Å². The zero-order valence-electron chi connectivity index (χ0n) is 7.74. The first-order valence-corrected chi connectivity index (χ1v) is 5.23. The summed E-state index contributed by atoms with van der Waals surface area (Å²) in [7, 11) is 0. The Morgan fingerprint density at radius 1 is 1.58 bits per heavy atom. The zero-order valence-corrected chi connectivity index (χ0v) is 9.25. The molecule has 3 atom stereocenters. The number of rotatable bonds is 1. The van der Waals surface area contributed by atoms with E-state index in [0.29, 0.717) is 5.92 Å². The molecule has 1 fully saturated rings. The normalized spacial score (nSPS) is 42.7. The molecule has 1 rings (SSSR count). The van der Waals surface area contributed by atoms with Crippen molar-refractivity contribution in [3.05, 3.63) is 12.2 Å². The molecule has 0 amide bonds. The molecule has 12 heavy (non-hydrogen) atoms. The number of allylic oxidation sites excluding steroid dienone is 1. The molecule has 1 aliphatic rings. The molecule has 0 aromatic rings. The molecular formula is C10H16Cl2. The minimum atomic E-state index is -0.201. The largest absolute Gasteiger partial charge is 0.121 e. The lowest BCUT2D eigenvalue weighted by Gasteiger charge is -2.37. The molecule has 0 aliphatic heterocycles. The summed E-state index contributed by atoms with van der Waals surface area (Å²) in [4.78, 5) is -0.201. The Bertz CT molecular complexity index is 184. The molecule has 1 saturated carbocycles. The van der Waals surface area contributed by atoms with Crippen LogP contribution in [-0.2, 0) is 0 Å². The second-order valence-corrected chi connectivity index (χ2v) is 5.45. The second-order valence-electron chi connectivity index (χ2n) is 4.06. The van der Waals surface area contributed by atoms with Gasteiger partial charge < -0.3 is 0 Å². The van der Waals surface area contributed by atoms with Crippen LogP contribution in [0.1, 0.15) is 33.1 Å². The summed E-state index contributed by atoms with van der Waals surface area (Å²) in [6, 6.07) is 0. The fourth-order valence-corrected chi connectivity index (χ4v) is 2.20. The minimum Gasteiger partial charge on any atom is -0.121 e. The highest BCUT2D eigenvalue weighted by molar-refractivity contribution is 6.32. The lowest BCUT2D eigenvalue weighted by atomic mass is 9.79. The third-order valence-corrected chi connectivity index (χ3v) is 4.05. The molecule has 0 N–H and O–H groups in total. The smallest absolute Gasteiger partial charge is 0.0582 e. The van der Waals surface area contributed by atoms with Crippen molar-refractivity contribution in [1.82, 2.24) is 0 Å². The Kier molecular flexibility index (Phi) is 3.11. The van der Waals surface area contributed by atoms with Crippen molar-refractivity contribution in [2.75, 3.05) is 0 Å². The number of hydrogen-bond donors (Lipinski definition) is 0. The molecule has 0 aromatic carbocycles. The average Bonchev–Trinajstić information content (AvgIpc) is 1.94. The van der Waals surface area contributed by atoms with Crippen LogP contribution in [0.4, 0.5) is 0 Å². The standard InChI is InChI=1S/C10H16Cl2/c1-7(2)8-4-5-10(3,12)9(11)6-8/h8-9H,1,4-6H2,2-3H3/t8-,9+,10+/m0/s1. The van der Waals surface area contributed by atoms with E-state index in [2.05, 4.69) is 13.5 Å². The minimum absolute atomic E-state index is 0.0922. The SMILES string of the molecule is C=C(C)[C@H]1CC[C@@](C)(Cl)[C@H](Cl)C1.